The third-order valence-electron chi connectivity index (χ3n) is 6.70. The number of carbonyl (C=O) groups excluding carboxylic acids is 1. The lowest BCUT2D eigenvalue weighted by Crippen LogP contribution is -2.41. The second-order valence-electron chi connectivity index (χ2n) is 9.26. The minimum absolute atomic E-state index is 0.0184. The van der Waals surface area contributed by atoms with E-state index in [1.165, 1.54) is 5.56 Å². The Morgan fingerprint density at radius 3 is 2.40 bits per heavy atom. The number of nitrogens with one attached hydrogen (secondary N) is 1. The number of piperidine rings is 2. The molecule has 0 radical (unpaired) electrons. The Hall–Kier alpha value is -2.13. The average Bonchev–Trinajstić information content (AvgIpc) is 2.88. The fraction of sp³-hybridized carbons (Fsp3) is 0.500. The van der Waals surface area contributed by atoms with Crippen LogP contribution in [-0.4, -0.2) is 62.9 Å². The first-order valence-electron chi connectivity index (χ1n) is 12.4. The normalized spacial score (nSPS) is 18.3. The van der Waals surface area contributed by atoms with E-state index in [2.05, 4.69) is 16.3 Å². The highest BCUT2D eigenvalue weighted by Crippen LogP contribution is 2.23. The largest absolute Gasteiger partial charge is 0.492 e. The maximum atomic E-state index is 12.7. The van der Waals surface area contributed by atoms with Crippen molar-refractivity contribution in [3.8, 4) is 5.75 Å². The van der Waals surface area contributed by atoms with Crippen LogP contribution in [0.3, 0.4) is 0 Å². The van der Waals surface area contributed by atoms with Gasteiger partial charge in [-0.1, -0.05) is 30.2 Å². The highest BCUT2D eigenvalue weighted by Gasteiger charge is 2.26. The maximum Gasteiger partial charge on any atom is 0.243 e. The van der Waals surface area contributed by atoms with E-state index in [0.29, 0.717) is 36.9 Å². The number of nitrogens with zero attached hydrogens (tertiary/aromatic N) is 2. The Labute approximate surface area is 213 Å². The Morgan fingerprint density at radius 2 is 1.71 bits per heavy atom. The van der Waals surface area contributed by atoms with Gasteiger partial charge in [-0.15, -0.1) is 0 Å². The van der Waals surface area contributed by atoms with E-state index in [1.807, 2.05) is 18.2 Å². The molecule has 35 heavy (non-hydrogen) atoms. The minimum Gasteiger partial charge on any atom is -0.492 e. The third kappa shape index (κ3) is 7.19. The monoisotopic (exact) mass is 519 g/mol. The number of halogens is 1. The van der Waals surface area contributed by atoms with Crippen LogP contribution in [0.25, 0.3) is 0 Å². The van der Waals surface area contributed by atoms with Crippen molar-refractivity contribution in [2.45, 2.75) is 43.5 Å². The number of carbonyl (C=O) groups is 1. The van der Waals surface area contributed by atoms with Crippen molar-refractivity contribution in [2.75, 3.05) is 39.3 Å². The second-order valence-corrected chi connectivity index (χ2v) is 11.6. The van der Waals surface area contributed by atoms with Crippen LogP contribution in [0, 0.1) is 5.92 Å². The van der Waals surface area contributed by atoms with E-state index in [-0.39, 0.29) is 11.8 Å². The molecule has 0 aromatic heterocycles. The van der Waals surface area contributed by atoms with Crippen molar-refractivity contribution in [3.05, 3.63) is 59.1 Å². The summed E-state index contributed by atoms with van der Waals surface area (Å²) in [5.74, 6) is 0.676. The summed E-state index contributed by atoms with van der Waals surface area (Å²) in [6.45, 7) is 4.53. The molecular formula is C26H34ClN3O4S. The Kier molecular flexibility index (Phi) is 9.05. The predicted molar refractivity (Wildman–Crippen MR) is 137 cm³/mol. The number of sulfonamides is 1. The maximum absolute atomic E-state index is 12.7. The van der Waals surface area contributed by atoms with Gasteiger partial charge in [0.1, 0.15) is 12.4 Å². The molecule has 2 fully saturated rings. The highest BCUT2D eigenvalue weighted by atomic mass is 35.5. The highest BCUT2D eigenvalue weighted by molar-refractivity contribution is 7.89. The lowest BCUT2D eigenvalue weighted by atomic mass is 9.95. The molecule has 2 saturated heterocycles. The van der Waals surface area contributed by atoms with Crippen LogP contribution in [0.5, 0.6) is 5.75 Å². The fourth-order valence-electron chi connectivity index (χ4n) is 4.70. The second kappa shape index (κ2) is 12.2. The molecule has 1 N–H and O–H groups in total. The summed E-state index contributed by atoms with van der Waals surface area (Å²) in [7, 11) is -3.44. The molecular weight excluding hydrogens is 486 g/mol. The summed E-state index contributed by atoms with van der Waals surface area (Å²) in [5, 5.41) is 3.72. The van der Waals surface area contributed by atoms with E-state index in [0.717, 1.165) is 56.8 Å². The van der Waals surface area contributed by atoms with Gasteiger partial charge in [-0.05, 0) is 80.7 Å². The zero-order valence-electron chi connectivity index (χ0n) is 20.0. The van der Waals surface area contributed by atoms with E-state index >= 15 is 0 Å². The van der Waals surface area contributed by atoms with E-state index in [9.17, 15) is 13.2 Å². The fourth-order valence-corrected chi connectivity index (χ4v) is 6.43. The van der Waals surface area contributed by atoms with Gasteiger partial charge in [0.15, 0.2) is 0 Å². The molecule has 4 rings (SSSR count). The minimum atomic E-state index is -3.44. The Bertz CT molecular complexity index is 1080. The van der Waals surface area contributed by atoms with Crippen LogP contribution in [0.4, 0.5) is 0 Å². The number of hydrogen-bond acceptors (Lipinski definition) is 5. The molecule has 1 amide bonds. The molecule has 2 aromatic carbocycles. The molecule has 0 bridgehead atoms. The SMILES string of the molecule is O=C(NCCOc1ccc(S(=O)(=O)N2CCCCC2)cc1)C1CCN(Cc2cccc(Cl)c2)CC1. The number of rotatable bonds is 9. The molecule has 0 aliphatic carbocycles. The summed E-state index contributed by atoms with van der Waals surface area (Å²) >= 11 is 6.07. The van der Waals surface area contributed by atoms with Gasteiger partial charge < -0.3 is 10.1 Å². The van der Waals surface area contributed by atoms with Gasteiger partial charge in [0.25, 0.3) is 0 Å². The van der Waals surface area contributed by atoms with Gasteiger partial charge >= 0.3 is 0 Å². The van der Waals surface area contributed by atoms with Crippen molar-refractivity contribution >= 4 is 27.5 Å². The third-order valence-corrected chi connectivity index (χ3v) is 8.85. The molecule has 190 valence electrons. The zero-order valence-corrected chi connectivity index (χ0v) is 21.6. The van der Waals surface area contributed by atoms with E-state index < -0.39 is 10.0 Å². The van der Waals surface area contributed by atoms with Crippen molar-refractivity contribution in [1.29, 1.82) is 0 Å². The first-order valence-corrected chi connectivity index (χ1v) is 14.2. The summed E-state index contributed by atoms with van der Waals surface area (Å²) in [6.07, 6.45) is 4.57. The number of hydrogen-bond donors (Lipinski definition) is 1. The molecule has 0 spiro atoms. The predicted octanol–water partition coefficient (Wildman–Crippen LogP) is 3.92. The van der Waals surface area contributed by atoms with Crippen molar-refractivity contribution in [3.63, 3.8) is 0 Å². The van der Waals surface area contributed by atoms with Crippen LogP contribution < -0.4 is 10.1 Å². The van der Waals surface area contributed by atoms with E-state index in [1.54, 1.807) is 28.6 Å². The van der Waals surface area contributed by atoms with Crippen LogP contribution in [0.15, 0.2) is 53.4 Å². The first kappa shape index (κ1) is 25.9. The van der Waals surface area contributed by atoms with Gasteiger partial charge in [0.05, 0.1) is 11.4 Å². The molecule has 0 atom stereocenters. The smallest absolute Gasteiger partial charge is 0.243 e. The molecule has 2 aliphatic rings. The molecule has 0 unspecified atom stereocenters. The molecule has 7 nitrogen and oxygen atoms in total. The van der Waals surface area contributed by atoms with Crippen LogP contribution >= 0.6 is 11.6 Å². The number of benzene rings is 2. The molecule has 2 aliphatic heterocycles. The molecule has 0 saturated carbocycles. The lowest BCUT2D eigenvalue weighted by molar-refractivity contribution is -0.126. The van der Waals surface area contributed by atoms with Crippen molar-refractivity contribution < 1.29 is 17.9 Å². The average molecular weight is 520 g/mol. The van der Waals surface area contributed by atoms with Crippen molar-refractivity contribution in [1.82, 2.24) is 14.5 Å². The number of ether oxygens (including phenoxy) is 1. The Morgan fingerprint density at radius 1 is 1.00 bits per heavy atom. The molecule has 9 heteroatoms. The van der Waals surface area contributed by atoms with Crippen LogP contribution in [0.1, 0.15) is 37.7 Å². The van der Waals surface area contributed by atoms with Crippen molar-refractivity contribution in [2.24, 2.45) is 5.92 Å². The lowest BCUT2D eigenvalue weighted by Gasteiger charge is -2.31. The topological polar surface area (TPSA) is 78.9 Å². The number of likely N-dealkylation sites (tertiary alicyclic amines) is 1. The van der Waals surface area contributed by atoms with Crippen LogP contribution in [-0.2, 0) is 21.4 Å². The van der Waals surface area contributed by atoms with Gasteiger partial charge in [0.2, 0.25) is 15.9 Å². The molecule has 2 aromatic rings. The standard InChI is InChI=1S/C26H34ClN3O4S/c27-23-6-4-5-21(19-23)20-29-16-11-22(12-17-29)26(31)28-13-18-34-24-7-9-25(10-8-24)35(32,33)30-14-2-1-3-15-30/h4-10,19,22H,1-3,11-18,20H2,(H,28,31). The summed E-state index contributed by atoms with van der Waals surface area (Å²) < 4.78 is 32.7. The summed E-state index contributed by atoms with van der Waals surface area (Å²) in [5.41, 5.74) is 1.19. The molecule has 2 heterocycles. The summed E-state index contributed by atoms with van der Waals surface area (Å²) in [4.78, 5) is 15.2. The van der Waals surface area contributed by atoms with Gasteiger partial charge in [-0.25, -0.2) is 8.42 Å². The zero-order chi connectivity index (χ0) is 24.7. The quantitative estimate of drug-likeness (QED) is 0.508. The van der Waals surface area contributed by atoms with Gasteiger partial charge in [-0.2, -0.15) is 4.31 Å². The summed E-state index contributed by atoms with van der Waals surface area (Å²) in [6, 6.07) is 14.4. The van der Waals surface area contributed by atoms with E-state index in [4.69, 9.17) is 16.3 Å². The van der Waals surface area contributed by atoms with Gasteiger partial charge in [-0.3, -0.25) is 9.69 Å². The van der Waals surface area contributed by atoms with Gasteiger partial charge in [0, 0.05) is 30.6 Å². The number of amides is 1. The Balaban J connectivity index is 1.15. The van der Waals surface area contributed by atoms with Crippen LogP contribution in [0.2, 0.25) is 5.02 Å². The first-order chi connectivity index (χ1) is 16.9.